The highest BCUT2D eigenvalue weighted by molar-refractivity contribution is 5.92. The van der Waals surface area contributed by atoms with Crippen molar-refractivity contribution in [1.82, 2.24) is 15.0 Å². The second kappa shape index (κ2) is 12.6. The summed E-state index contributed by atoms with van der Waals surface area (Å²) in [6.07, 6.45) is 4.58. The Hall–Kier alpha value is -4.61. The Morgan fingerprint density at radius 1 is 1.11 bits per heavy atom. The second-order valence-electron chi connectivity index (χ2n) is 7.74. The maximum absolute atomic E-state index is 14.8. The topological polar surface area (TPSA) is 101 Å². The van der Waals surface area contributed by atoms with Crippen LogP contribution in [0.5, 0.6) is 5.88 Å². The molecule has 3 aromatic rings. The van der Waals surface area contributed by atoms with Crippen molar-refractivity contribution in [3.8, 4) is 17.0 Å². The lowest BCUT2D eigenvalue weighted by atomic mass is 10.0. The Morgan fingerprint density at radius 3 is 2.45 bits per heavy atom. The van der Waals surface area contributed by atoms with Crippen molar-refractivity contribution in [2.75, 3.05) is 17.7 Å². The van der Waals surface area contributed by atoms with Crippen molar-refractivity contribution in [1.29, 1.82) is 0 Å². The van der Waals surface area contributed by atoms with Gasteiger partial charge in [-0.3, -0.25) is 4.79 Å². The summed E-state index contributed by atoms with van der Waals surface area (Å²) in [5, 5.41) is 5.25. The van der Waals surface area contributed by atoms with Gasteiger partial charge in [-0.1, -0.05) is 31.7 Å². The van der Waals surface area contributed by atoms with E-state index in [1.54, 1.807) is 24.4 Å². The Labute approximate surface area is 216 Å². The molecule has 2 aromatic heterocycles. The van der Waals surface area contributed by atoms with E-state index in [2.05, 4.69) is 41.9 Å². The number of methoxy groups -OCH3 is 1. The molecule has 38 heavy (non-hydrogen) atoms. The van der Waals surface area contributed by atoms with E-state index in [0.29, 0.717) is 23.0 Å². The SMILES string of the molecule is C=C/C=C(\N=CCC)Nc1ncc(-c2ccc(CC(=O)Nc3cnc(OC)c(C(F)(F)F)c3)c(F)c2)cn1. The minimum Gasteiger partial charge on any atom is -0.481 e. The van der Waals surface area contributed by atoms with Crippen LogP contribution >= 0.6 is 0 Å². The monoisotopic (exact) mass is 528 g/mol. The normalized spacial score (nSPS) is 11.9. The summed E-state index contributed by atoms with van der Waals surface area (Å²) in [4.78, 5) is 28.6. The number of carbonyl (C=O) groups is 1. The smallest absolute Gasteiger partial charge is 0.421 e. The highest BCUT2D eigenvalue weighted by Gasteiger charge is 2.35. The van der Waals surface area contributed by atoms with Crippen LogP contribution in [0, 0.1) is 5.82 Å². The fourth-order valence-corrected chi connectivity index (χ4v) is 3.21. The van der Waals surface area contributed by atoms with Crippen LogP contribution in [-0.4, -0.2) is 34.2 Å². The molecule has 2 heterocycles. The van der Waals surface area contributed by atoms with Crippen LogP contribution in [0.1, 0.15) is 24.5 Å². The highest BCUT2D eigenvalue weighted by atomic mass is 19.4. The maximum atomic E-state index is 14.8. The number of halogens is 4. The molecule has 198 valence electrons. The molecule has 0 radical (unpaired) electrons. The summed E-state index contributed by atoms with van der Waals surface area (Å²) >= 11 is 0. The van der Waals surface area contributed by atoms with E-state index in [4.69, 9.17) is 0 Å². The number of hydrogen-bond acceptors (Lipinski definition) is 7. The predicted molar refractivity (Wildman–Crippen MR) is 136 cm³/mol. The molecule has 0 saturated heterocycles. The highest BCUT2D eigenvalue weighted by Crippen LogP contribution is 2.36. The predicted octanol–water partition coefficient (Wildman–Crippen LogP) is 5.81. The van der Waals surface area contributed by atoms with Gasteiger partial charge in [0.2, 0.25) is 17.7 Å². The lowest BCUT2D eigenvalue weighted by Gasteiger charge is -2.13. The Bertz CT molecular complexity index is 1350. The third-order valence-corrected chi connectivity index (χ3v) is 4.95. The van der Waals surface area contributed by atoms with Gasteiger partial charge in [0.15, 0.2) is 0 Å². The number of anilines is 2. The van der Waals surface area contributed by atoms with Crippen molar-refractivity contribution in [2.24, 2.45) is 4.99 Å². The molecule has 8 nitrogen and oxygen atoms in total. The van der Waals surface area contributed by atoms with Gasteiger partial charge in [-0.2, -0.15) is 13.2 Å². The molecular formula is C26H24F4N6O2. The lowest BCUT2D eigenvalue weighted by molar-refractivity contribution is -0.139. The number of benzene rings is 1. The third-order valence-electron chi connectivity index (χ3n) is 4.95. The first-order chi connectivity index (χ1) is 18.1. The summed E-state index contributed by atoms with van der Waals surface area (Å²) in [5.41, 5.74) is -0.286. The number of hydrogen-bond donors (Lipinski definition) is 2. The average molecular weight is 529 g/mol. The van der Waals surface area contributed by atoms with Gasteiger partial charge in [-0.05, 0) is 35.8 Å². The number of pyridine rings is 1. The van der Waals surface area contributed by atoms with E-state index in [-0.39, 0.29) is 17.2 Å². The molecule has 0 aliphatic heterocycles. The molecule has 0 atom stereocenters. The van der Waals surface area contributed by atoms with Crippen LogP contribution < -0.4 is 15.4 Å². The summed E-state index contributed by atoms with van der Waals surface area (Å²) in [6, 6.07) is 4.92. The zero-order valence-corrected chi connectivity index (χ0v) is 20.5. The number of nitrogens with zero attached hydrogens (tertiary/aromatic N) is 4. The first-order valence-electron chi connectivity index (χ1n) is 11.3. The molecule has 1 aromatic carbocycles. The van der Waals surface area contributed by atoms with Gasteiger partial charge in [0.05, 0.1) is 25.4 Å². The van der Waals surface area contributed by atoms with Crippen molar-refractivity contribution in [2.45, 2.75) is 25.9 Å². The first kappa shape index (κ1) is 28.0. The van der Waals surface area contributed by atoms with Crippen LogP contribution in [0.3, 0.4) is 0 Å². The fourth-order valence-electron chi connectivity index (χ4n) is 3.21. The summed E-state index contributed by atoms with van der Waals surface area (Å²) in [5.74, 6) is -1.23. The maximum Gasteiger partial charge on any atom is 0.421 e. The Kier molecular flexibility index (Phi) is 9.25. The molecule has 0 aliphatic rings. The van der Waals surface area contributed by atoms with Crippen molar-refractivity contribution in [3.05, 3.63) is 84.4 Å². The van der Waals surface area contributed by atoms with Gasteiger partial charge in [0.25, 0.3) is 0 Å². The lowest BCUT2D eigenvalue weighted by Crippen LogP contribution is -2.17. The third kappa shape index (κ3) is 7.45. The quantitative estimate of drug-likeness (QED) is 0.196. The van der Waals surface area contributed by atoms with Gasteiger partial charge in [0, 0.05) is 24.2 Å². The van der Waals surface area contributed by atoms with Gasteiger partial charge >= 0.3 is 6.18 Å². The summed E-state index contributed by atoms with van der Waals surface area (Å²) in [6.45, 7) is 5.58. The van der Waals surface area contributed by atoms with Crippen LogP contribution in [0.15, 0.2) is 72.4 Å². The molecule has 2 N–H and O–H groups in total. The fraction of sp³-hybridized carbons (Fsp3) is 0.192. The number of aromatic nitrogens is 3. The zero-order valence-electron chi connectivity index (χ0n) is 20.5. The minimum absolute atomic E-state index is 0.0518. The number of allylic oxidation sites excluding steroid dienone is 2. The molecule has 12 heteroatoms. The molecule has 0 saturated carbocycles. The minimum atomic E-state index is -4.73. The second-order valence-corrected chi connectivity index (χ2v) is 7.74. The summed E-state index contributed by atoms with van der Waals surface area (Å²) in [7, 11) is 1.06. The molecule has 0 unspecified atom stereocenters. The molecule has 0 aliphatic carbocycles. The van der Waals surface area contributed by atoms with Gasteiger partial charge in [-0.15, -0.1) is 0 Å². The van der Waals surface area contributed by atoms with Crippen molar-refractivity contribution >= 4 is 23.8 Å². The van der Waals surface area contributed by atoms with Crippen molar-refractivity contribution in [3.63, 3.8) is 0 Å². The molecular weight excluding hydrogens is 504 g/mol. The number of carbonyl (C=O) groups excluding carboxylic acids is 1. The van der Waals surface area contributed by atoms with Gasteiger partial charge in [0.1, 0.15) is 17.2 Å². The number of alkyl halides is 3. The van der Waals surface area contributed by atoms with E-state index in [0.717, 1.165) is 19.7 Å². The number of nitrogens with one attached hydrogen (secondary N) is 2. The molecule has 3 rings (SSSR count). The molecule has 1 amide bonds. The average Bonchev–Trinajstić information content (AvgIpc) is 2.88. The van der Waals surface area contributed by atoms with E-state index >= 15 is 0 Å². The van der Waals surface area contributed by atoms with E-state index in [9.17, 15) is 22.4 Å². The van der Waals surface area contributed by atoms with E-state index in [1.807, 2.05) is 6.92 Å². The van der Waals surface area contributed by atoms with Crippen LogP contribution in [-0.2, 0) is 17.4 Å². The van der Waals surface area contributed by atoms with E-state index in [1.165, 1.54) is 24.5 Å². The summed E-state index contributed by atoms with van der Waals surface area (Å²) < 4.78 is 58.9. The van der Waals surface area contributed by atoms with Crippen LogP contribution in [0.4, 0.5) is 29.2 Å². The number of aliphatic imine (C=N–C) groups is 1. The molecule has 0 fully saturated rings. The van der Waals surface area contributed by atoms with Gasteiger partial charge < -0.3 is 15.4 Å². The van der Waals surface area contributed by atoms with E-state index < -0.39 is 35.8 Å². The largest absolute Gasteiger partial charge is 0.481 e. The van der Waals surface area contributed by atoms with Crippen LogP contribution in [0.2, 0.25) is 0 Å². The first-order valence-corrected chi connectivity index (χ1v) is 11.3. The Balaban J connectivity index is 1.69. The van der Waals surface area contributed by atoms with Gasteiger partial charge in [-0.25, -0.2) is 24.3 Å². The number of ether oxygens (including phenoxy) is 1. The van der Waals surface area contributed by atoms with Crippen molar-refractivity contribution < 1.29 is 27.1 Å². The molecule has 0 bridgehead atoms. The number of rotatable bonds is 10. The van der Waals surface area contributed by atoms with Crippen LogP contribution in [0.25, 0.3) is 11.1 Å². The Morgan fingerprint density at radius 2 is 1.84 bits per heavy atom. The standard InChI is InChI=1S/C26H24F4N6O2/c1-4-6-22(31-9-5-2)36-25-33-13-18(14-34-25)16-7-8-17(21(27)10-16)11-23(37)35-19-12-20(26(28,29)30)24(38-3)32-15-19/h4,6-10,12-15H,1,5,11H2,2-3H3,(H,35,37)(H,33,34,36)/b22-6+,31-9?. The zero-order chi connectivity index (χ0) is 27.7. The molecule has 0 spiro atoms. The number of amides is 1.